The van der Waals surface area contributed by atoms with Crippen molar-refractivity contribution < 1.29 is 23.2 Å². The van der Waals surface area contributed by atoms with E-state index in [-0.39, 0.29) is 29.9 Å². The summed E-state index contributed by atoms with van der Waals surface area (Å²) in [6.07, 6.45) is 2.43. The van der Waals surface area contributed by atoms with E-state index in [1.165, 1.54) is 6.92 Å². The maximum absolute atomic E-state index is 13.3. The number of halogens is 2. The molecule has 1 fully saturated rings. The van der Waals surface area contributed by atoms with Gasteiger partial charge in [-0.15, -0.1) is 0 Å². The number of hydrogen-bond acceptors (Lipinski definition) is 3. The highest BCUT2D eigenvalue weighted by atomic mass is 19.1. The fourth-order valence-electron chi connectivity index (χ4n) is 4.08. The van der Waals surface area contributed by atoms with Gasteiger partial charge in [-0.3, -0.25) is 14.4 Å². The monoisotopic (exact) mass is 457 g/mol. The van der Waals surface area contributed by atoms with Gasteiger partial charge < -0.3 is 16.0 Å². The van der Waals surface area contributed by atoms with Gasteiger partial charge in [-0.1, -0.05) is 30.3 Å². The highest BCUT2D eigenvalue weighted by Gasteiger charge is 2.32. The number of rotatable bonds is 8. The number of carbonyl (C=O) groups is 3. The molecule has 6 nitrogen and oxygen atoms in total. The summed E-state index contributed by atoms with van der Waals surface area (Å²) in [5.41, 5.74) is 1.30. The summed E-state index contributed by atoms with van der Waals surface area (Å²) >= 11 is 0. The van der Waals surface area contributed by atoms with Crippen molar-refractivity contribution in [3.8, 4) is 0 Å². The Balaban J connectivity index is 1.58. The first-order valence-corrected chi connectivity index (χ1v) is 11.2. The predicted molar refractivity (Wildman–Crippen MR) is 120 cm³/mol. The third-order valence-corrected chi connectivity index (χ3v) is 5.79. The maximum atomic E-state index is 13.3. The zero-order valence-electron chi connectivity index (χ0n) is 18.6. The molecule has 2 aromatic rings. The van der Waals surface area contributed by atoms with Crippen molar-refractivity contribution in [2.24, 2.45) is 5.92 Å². The molecule has 176 valence electrons. The second-order valence-corrected chi connectivity index (χ2v) is 8.42. The zero-order valence-corrected chi connectivity index (χ0v) is 18.6. The minimum absolute atomic E-state index is 0.0847. The fraction of sp³-hybridized carbons (Fsp3) is 0.400. The number of amides is 3. The molecule has 0 saturated carbocycles. The van der Waals surface area contributed by atoms with Gasteiger partial charge in [-0.2, -0.15) is 0 Å². The number of hydrogen-bond donors (Lipinski definition) is 3. The first-order valence-electron chi connectivity index (χ1n) is 11.2. The normalized spacial score (nSPS) is 19.2. The number of aryl methyl sites for hydroxylation is 1. The third kappa shape index (κ3) is 7.37. The van der Waals surface area contributed by atoms with Gasteiger partial charge in [0.05, 0.1) is 12.3 Å². The lowest BCUT2D eigenvalue weighted by Gasteiger charge is -2.26. The molecule has 3 rings (SSSR count). The zero-order chi connectivity index (χ0) is 23.8. The van der Waals surface area contributed by atoms with E-state index < -0.39 is 29.5 Å². The Kier molecular flexibility index (Phi) is 8.52. The van der Waals surface area contributed by atoms with Crippen LogP contribution in [0.15, 0.2) is 48.5 Å². The van der Waals surface area contributed by atoms with Crippen LogP contribution in [0, 0.1) is 17.6 Å². The number of nitrogens with one attached hydrogen (secondary N) is 3. The Morgan fingerprint density at radius 3 is 2.48 bits per heavy atom. The van der Waals surface area contributed by atoms with Crippen LogP contribution in [0.3, 0.4) is 0 Å². The van der Waals surface area contributed by atoms with Gasteiger partial charge in [-0.05, 0) is 55.9 Å². The largest absolute Gasteiger partial charge is 0.356 e. The highest BCUT2D eigenvalue weighted by molar-refractivity contribution is 5.89. The topological polar surface area (TPSA) is 87.3 Å². The van der Waals surface area contributed by atoms with E-state index in [1.54, 1.807) is 0 Å². The van der Waals surface area contributed by atoms with Gasteiger partial charge in [0.2, 0.25) is 17.7 Å². The minimum atomic E-state index is -0.864. The van der Waals surface area contributed by atoms with E-state index in [0.717, 1.165) is 30.2 Å². The highest BCUT2D eigenvalue weighted by Crippen LogP contribution is 2.20. The molecule has 33 heavy (non-hydrogen) atoms. The molecule has 3 N–H and O–H groups in total. The summed E-state index contributed by atoms with van der Waals surface area (Å²) in [5.74, 6) is -2.93. The molecular weight excluding hydrogens is 428 g/mol. The van der Waals surface area contributed by atoms with Crippen molar-refractivity contribution in [1.82, 2.24) is 16.0 Å². The summed E-state index contributed by atoms with van der Waals surface area (Å²) in [5, 5.41) is 8.40. The molecule has 0 bridgehead atoms. The van der Waals surface area contributed by atoms with Crippen LogP contribution >= 0.6 is 0 Å². The van der Waals surface area contributed by atoms with Crippen LogP contribution in [0.2, 0.25) is 0 Å². The van der Waals surface area contributed by atoms with Gasteiger partial charge in [0.25, 0.3) is 0 Å². The van der Waals surface area contributed by atoms with Crippen molar-refractivity contribution in [1.29, 1.82) is 0 Å². The number of carbonyl (C=O) groups excluding carboxylic acids is 3. The predicted octanol–water partition coefficient (Wildman–Crippen LogP) is 2.66. The Hall–Kier alpha value is -3.29. The maximum Gasteiger partial charge on any atom is 0.242 e. The lowest BCUT2D eigenvalue weighted by molar-refractivity contribution is -0.130. The van der Waals surface area contributed by atoms with Gasteiger partial charge in [0.15, 0.2) is 0 Å². The molecule has 0 radical (unpaired) electrons. The summed E-state index contributed by atoms with van der Waals surface area (Å²) < 4.78 is 26.7. The second-order valence-electron chi connectivity index (χ2n) is 8.42. The van der Waals surface area contributed by atoms with E-state index >= 15 is 0 Å². The van der Waals surface area contributed by atoms with Gasteiger partial charge in [-0.25, -0.2) is 8.78 Å². The Morgan fingerprint density at radius 2 is 1.79 bits per heavy atom. The van der Waals surface area contributed by atoms with E-state index in [4.69, 9.17) is 0 Å². The van der Waals surface area contributed by atoms with Crippen molar-refractivity contribution >= 4 is 17.7 Å². The van der Waals surface area contributed by atoms with Crippen LogP contribution < -0.4 is 16.0 Å². The van der Waals surface area contributed by atoms with E-state index in [2.05, 4.69) is 16.0 Å². The third-order valence-electron chi connectivity index (χ3n) is 5.79. The van der Waals surface area contributed by atoms with E-state index in [9.17, 15) is 23.2 Å². The molecule has 0 aliphatic carbocycles. The molecule has 1 saturated heterocycles. The SMILES string of the molecule is C[C@H](NC(=O)Cc1cc(F)cc(F)c1)C(=O)N[C@H]1CCCNC(=O)C1CCc1ccccc1. The Labute approximate surface area is 192 Å². The van der Waals surface area contributed by atoms with Crippen LogP contribution in [-0.2, 0) is 27.2 Å². The molecule has 0 spiro atoms. The van der Waals surface area contributed by atoms with Crippen LogP contribution in [0.5, 0.6) is 0 Å². The molecule has 1 unspecified atom stereocenters. The molecule has 1 aliphatic heterocycles. The smallest absolute Gasteiger partial charge is 0.242 e. The number of benzene rings is 2. The summed E-state index contributed by atoms with van der Waals surface area (Å²) in [6, 6.07) is 11.5. The minimum Gasteiger partial charge on any atom is -0.356 e. The fourth-order valence-corrected chi connectivity index (χ4v) is 4.08. The van der Waals surface area contributed by atoms with Crippen molar-refractivity contribution in [3.63, 3.8) is 0 Å². The van der Waals surface area contributed by atoms with Gasteiger partial charge >= 0.3 is 0 Å². The second kappa shape index (κ2) is 11.5. The van der Waals surface area contributed by atoms with Crippen molar-refractivity contribution in [2.45, 2.75) is 51.1 Å². The van der Waals surface area contributed by atoms with Crippen LogP contribution in [0.4, 0.5) is 8.78 Å². The average Bonchev–Trinajstić information content (AvgIpc) is 2.93. The molecule has 1 aliphatic rings. The lowest BCUT2D eigenvalue weighted by atomic mass is 9.89. The summed E-state index contributed by atoms with van der Waals surface area (Å²) in [4.78, 5) is 37.7. The Bertz CT molecular complexity index is 964. The Morgan fingerprint density at radius 1 is 1.09 bits per heavy atom. The molecule has 2 aromatic carbocycles. The van der Waals surface area contributed by atoms with Crippen molar-refractivity contribution in [2.75, 3.05) is 6.54 Å². The standard InChI is InChI=1S/C25H29F2N3O3/c1-16(29-23(31)14-18-12-19(26)15-20(27)13-18)24(32)30-22-8-5-11-28-25(33)21(22)10-9-17-6-3-2-4-7-17/h2-4,6-7,12-13,15-16,21-22H,5,8-11,14H2,1H3,(H,28,33)(H,29,31)(H,30,32)/t16-,21?,22-/m0/s1. The summed E-state index contributed by atoms with van der Waals surface area (Å²) in [6.45, 7) is 2.10. The van der Waals surface area contributed by atoms with Crippen molar-refractivity contribution in [3.05, 3.63) is 71.3 Å². The van der Waals surface area contributed by atoms with Crippen LogP contribution in [0.25, 0.3) is 0 Å². The molecule has 3 atom stereocenters. The van der Waals surface area contributed by atoms with Crippen LogP contribution in [0.1, 0.15) is 37.3 Å². The average molecular weight is 458 g/mol. The van der Waals surface area contributed by atoms with E-state index in [1.807, 2.05) is 30.3 Å². The van der Waals surface area contributed by atoms with E-state index in [0.29, 0.717) is 25.8 Å². The molecule has 1 heterocycles. The lowest BCUT2D eigenvalue weighted by Crippen LogP contribution is -2.51. The molecular formula is C25H29F2N3O3. The first-order chi connectivity index (χ1) is 15.8. The van der Waals surface area contributed by atoms with Gasteiger partial charge in [0, 0.05) is 18.7 Å². The van der Waals surface area contributed by atoms with Gasteiger partial charge in [0.1, 0.15) is 17.7 Å². The summed E-state index contributed by atoms with van der Waals surface area (Å²) in [7, 11) is 0. The molecule has 8 heteroatoms. The molecule has 3 amide bonds. The first kappa shape index (κ1) is 24.4. The quantitative estimate of drug-likeness (QED) is 0.570. The molecule has 0 aromatic heterocycles. The van der Waals surface area contributed by atoms with Crippen LogP contribution in [-0.4, -0.2) is 36.3 Å².